The van der Waals surface area contributed by atoms with Crippen molar-refractivity contribution in [1.82, 2.24) is 5.43 Å². The Morgan fingerprint density at radius 2 is 2.05 bits per heavy atom. The van der Waals surface area contributed by atoms with Crippen LogP contribution >= 0.6 is 11.8 Å². The normalized spacial score (nSPS) is 22.6. The number of carbonyl (C=O) groups is 1. The second-order valence-electron chi connectivity index (χ2n) is 5.62. The Morgan fingerprint density at radius 3 is 2.82 bits per heavy atom. The van der Waals surface area contributed by atoms with Crippen LogP contribution in [0.5, 0.6) is 0 Å². The molecule has 1 aliphatic carbocycles. The maximum absolute atomic E-state index is 12.7. The lowest BCUT2D eigenvalue weighted by molar-refractivity contribution is -0.120. The summed E-state index contributed by atoms with van der Waals surface area (Å²) in [5.41, 5.74) is 7.64. The Balaban J connectivity index is 1.74. The van der Waals surface area contributed by atoms with E-state index in [9.17, 15) is 4.79 Å². The molecule has 110 valence electrons. The van der Waals surface area contributed by atoms with Crippen LogP contribution in [0.1, 0.15) is 29.2 Å². The third-order valence-electron chi connectivity index (χ3n) is 4.29. The van der Waals surface area contributed by atoms with E-state index in [0.717, 1.165) is 28.2 Å². The van der Waals surface area contributed by atoms with Crippen LogP contribution in [-0.4, -0.2) is 10.8 Å². The summed E-state index contributed by atoms with van der Waals surface area (Å²) in [6.45, 7) is 2.13. The molecule has 2 aliphatic rings. The number of hydrazone groups is 1. The molecule has 0 saturated carbocycles. The van der Waals surface area contributed by atoms with Gasteiger partial charge in [0.05, 0.1) is 0 Å². The van der Waals surface area contributed by atoms with E-state index in [0.29, 0.717) is 6.42 Å². The van der Waals surface area contributed by atoms with Crippen LogP contribution in [0, 0.1) is 0 Å². The Morgan fingerprint density at radius 1 is 1.23 bits per heavy atom. The molecule has 2 aromatic rings. The summed E-state index contributed by atoms with van der Waals surface area (Å²) in [6, 6.07) is 16.4. The molecule has 4 rings (SSSR count). The molecular formula is C18H16N2OS. The van der Waals surface area contributed by atoms with Gasteiger partial charge in [0.15, 0.2) is 10.7 Å². The third kappa shape index (κ3) is 1.91. The second-order valence-corrected chi connectivity index (χ2v) is 6.83. The first-order valence-electron chi connectivity index (χ1n) is 7.48. The molecule has 0 amide bonds. The molecule has 22 heavy (non-hydrogen) atoms. The first kappa shape index (κ1) is 13.6. The van der Waals surface area contributed by atoms with Crippen LogP contribution in [-0.2, 0) is 22.5 Å². The Hall–Kier alpha value is -2.07. The smallest absolute Gasteiger partial charge is 0.190 e. The van der Waals surface area contributed by atoms with Crippen molar-refractivity contribution in [2.24, 2.45) is 5.10 Å². The van der Waals surface area contributed by atoms with Crippen molar-refractivity contribution in [2.75, 3.05) is 0 Å². The predicted octanol–water partition coefficient (Wildman–Crippen LogP) is 3.23. The van der Waals surface area contributed by atoms with E-state index in [1.807, 2.05) is 30.3 Å². The predicted molar refractivity (Wildman–Crippen MR) is 89.9 cm³/mol. The first-order chi connectivity index (χ1) is 10.7. The fourth-order valence-corrected chi connectivity index (χ4v) is 4.24. The number of thioether (sulfide) groups is 1. The van der Waals surface area contributed by atoms with Crippen LogP contribution in [0.4, 0.5) is 0 Å². The largest absolute Gasteiger partial charge is 0.295 e. The minimum absolute atomic E-state index is 0.190. The van der Waals surface area contributed by atoms with Crippen LogP contribution in [0.25, 0.3) is 0 Å². The maximum atomic E-state index is 12.7. The molecule has 0 fully saturated rings. The number of fused-ring (bicyclic) bond motifs is 2. The average molecular weight is 308 g/mol. The van der Waals surface area contributed by atoms with Gasteiger partial charge in [-0.05, 0) is 17.5 Å². The van der Waals surface area contributed by atoms with E-state index in [2.05, 4.69) is 35.7 Å². The zero-order chi connectivity index (χ0) is 15.2. The Kier molecular flexibility index (Phi) is 3.08. The molecule has 1 heterocycles. The van der Waals surface area contributed by atoms with Crippen molar-refractivity contribution in [1.29, 1.82) is 0 Å². The fraction of sp³-hybridized carbons (Fsp3) is 0.222. The lowest BCUT2D eigenvalue weighted by Gasteiger charge is -2.22. The minimum Gasteiger partial charge on any atom is -0.295 e. The zero-order valence-corrected chi connectivity index (χ0v) is 13.1. The van der Waals surface area contributed by atoms with Gasteiger partial charge in [0.1, 0.15) is 5.04 Å². The highest BCUT2D eigenvalue weighted by atomic mass is 32.2. The number of carbonyl (C=O) groups excluding carboxylic acids is 1. The quantitative estimate of drug-likeness (QED) is 0.926. The number of nitrogens with zero attached hydrogens (tertiary/aromatic N) is 1. The number of hydrogen-bond acceptors (Lipinski definition) is 4. The number of aryl methyl sites for hydroxylation is 1. The fourth-order valence-electron chi connectivity index (χ4n) is 3.03. The number of Topliss-reactive ketones (excluding diaryl/α,β-unsaturated/α-hetero) is 1. The van der Waals surface area contributed by atoms with Gasteiger partial charge in [-0.1, -0.05) is 67.2 Å². The standard InChI is InChI=1S/C18H16N2OS/c1-2-12-8-9-14-11-16(21)18(15(14)10-12)20-19-17(22-18)13-6-4-3-5-7-13/h3-10,20H,2,11H2,1H3. The van der Waals surface area contributed by atoms with Crippen LogP contribution in [0.2, 0.25) is 0 Å². The molecule has 0 radical (unpaired) electrons. The van der Waals surface area contributed by atoms with Gasteiger partial charge in [-0.2, -0.15) is 5.10 Å². The monoisotopic (exact) mass is 308 g/mol. The number of nitrogens with one attached hydrogen (secondary N) is 1. The minimum atomic E-state index is -0.730. The Labute approximate surface area is 133 Å². The molecular weight excluding hydrogens is 292 g/mol. The van der Waals surface area contributed by atoms with E-state index in [-0.39, 0.29) is 5.78 Å². The van der Waals surface area contributed by atoms with E-state index >= 15 is 0 Å². The van der Waals surface area contributed by atoms with Gasteiger partial charge < -0.3 is 0 Å². The molecule has 1 N–H and O–H groups in total. The second kappa shape index (κ2) is 4.99. The summed E-state index contributed by atoms with van der Waals surface area (Å²) < 4.78 is 0. The molecule has 0 bridgehead atoms. The highest BCUT2D eigenvalue weighted by Gasteiger charge is 2.51. The molecule has 1 atom stereocenters. The van der Waals surface area contributed by atoms with E-state index in [4.69, 9.17) is 0 Å². The van der Waals surface area contributed by atoms with Crippen molar-refractivity contribution in [3.05, 3.63) is 70.8 Å². The molecule has 2 aromatic carbocycles. The molecule has 3 nitrogen and oxygen atoms in total. The van der Waals surface area contributed by atoms with Crippen LogP contribution in [0.15, 0.2) is 53.6 Å². The van der Waals surface area contributed by atoms with Gasteiger partial charge >= 0.3 is 0 Å². The highest BCUT2D eigenvalue weighted by Crippen LogP contribution is 2.47. The average Bonchev–Trinajstić information content (AvgIpc) is 3.12. The maximum Gasteiger partial charge on any atom is 0.190 e. The van der Waals surface area contributed by atoms with E-state index in [1.165, 1.54) is 17.3 Å². The zero-order valence-electron chi connectivity index (χ0n) is 12.3. The van der Waals surface area contributed by atoms with Gasteiger partial charge in [-0.15, -0.1) is 0 Å². The van der Waals surface area contributed by atoms with Crippen molar-refractivity contribution in [3.8, 4) is 0 Å². The molecule has 1 spiro atoms. The lowest BCUT2D eigenvalue weighted by atomic mass is 10.0. The van der Waals surface area contributed by atoms with Crippen molar-refractivity contribution >= 4 is 22.6 Å². The van der Waals surface area contributed by atoms with Gasteiger partial charge in [0.25, 0.3) is 0 Å². The van der Waals surface area contributed by atoms with Crippen molar-refractivity contribution in [2.45, 2.75) is 24.6 Å². The van der Waals surface area contributed by atoms with Crippen LogP contribution < -0.4 is 5.43 Å². The first-order valence-corrected chi connectivity index (χ1v) is 8.29. The van der Waals surface area contributed by atoms with Crippen LogP contribution in [0.3, 0.4) is 0 Å². The van der Waals surface area contributed by atoms with Crippen molar-refractivity contribution < 1.29 is 4.79 Å². The van der Waals surface area contributed by atoms with Gasteiger partial charge in [-0.3, -0.25) is 10.2 Å². The molecule has 1 unspecified atom stereocenters. The van der Waals surface area contributed by atoms with E-state index < -0.39 is 4.87 Å². The van der Waals surface area contributed by atoms with E-state index in [1.54, 1.807) is 0 Å². The van der Waals surface area contributed by atoms with Gasteiger partial charge in [-0.25, -0.2) is 0 Å². The molecule has 0 aromatic heterocycles. The molecule has 1 aliphatic heterocycles. The summed E-state index contributed by atoms with van der Waals surface area (Å²) in [6.07, 6.45) is 1.45. The number of hydrogen-bond donors (Lipinski definition) is 1. The topological polar surface area (TPSA) is 41.5 Å². The summed E-state index contributed by atoms with van der Waals surface area (Å²) >= 11 is 1.53. The summed E-state index contributed by atoms with van der Waals surface area (Å²) in [4.78, 5) is 11.9. The number of rotatable bonds is 2. The summed E-state index contributed by atoms with van der Waals surface area (Å²) in [5.74, 6) is 0.190. The third-order valence-corrected chi connectivity index (χ3v) is 5.66. The SMILES string of the molecule is CCc1ccc2c(c1)C1(NN=C(c3ccccc3)S1)C(=O)C2. The van der Waals surface area contributed by atoms with Gasteiger partial charge in [0, 0.05) is 17.5 Å². The number of ketones is 1. The Bertz CT molecular complexity index is 785. The molecule has 0 saturated heterocycles. The molecule has 4 heteroatoms. The van der Waals surface area contributed by atoms with Gasteiger partial charge in [0.2, 0.25) is 0 Å². The van der Waals surface area contributed by atoms with Crippen molar-refractivity contribution in [3.63, 3.8) is 0 Å². The lowest BCUT2D eigenvalue weighted by Crippen LogP contribution is -2.38. The highest BCUT2D eigenvalue weighted by molar-refractivity contribution is 8.16. The number of benzene rings is 2. The summed E-state index contributed by atoms with van der Waals surface area (Å²) in [5, 5.41) is 5.33. The summed E-state index contributed by atoms with van der Waals surface area (Å²) in [7, 11) is 0.